The van der Waals surface area contributed by atoms with Gasteiger partial charge in [-0.15, -0.1) is 13.2 Å². The van der Waals surface area contributed by atoms with E-state index < -0.39 is 6.36 Å². The normalized spacial score (nSPS) is 17.1. The molecule has 0 N–H and O–H groups in total. The summed E-state index contributed by atoms with van der Waals surface area (Å²) < 4.78 is 42.8. The minimum absolute atomic E-state index is 0.129. The van der Waals surface area contributed by atoms with E-state index in [0.717, 1.165) is 29.7 Å². The topological polar surface area (TPSA) is 9.23 Å². The standard InChI is InChI=1S/C26H21F3O/c27-26(28,29)30-24-11-5-10-20-21-13-12-18-8-4-9-19(16-17-6-2-1-3-7-17)25(18)23(21)15-14-22(20)24/h1-3,5-8,10-14,19H,4,9,15-16H2. The van der Waals surface area contributed by atoms with Gasteiger partial charge in [-0.1, -0.05) is 66.7 Å². The molecule has 0 saturated heterocycles. The van der Waals surface area contributed by atoms with Crippen molar-refractivity contribution in [2.24, 2.45) is 0 Å². The van der Waals surface area contributed by atoms with Crippen LogP contribution in [-0.2, 0) is 12.8 Å². The quantitative estimate of drug-likeness (QED) is 0.587. The Morgan fingerprint density at radius 3 is 2.50 bits per heavy atom. The molecule has 5 rings (SSSR count). The summed E-state index contributed by atoms with van der Waals surface area (Å²) in [6.07, 6.45) is 3.19. The Morgan fingerprint density at radius 1 is 0.867 bits per heavy atom. The van der Waals surface area contributed by atoms with Crippen molar-refractivity contribution in [1.82, 2.24) is 0 Å². The van der Waals surface area contributed by atoms with E-state index in [-0.39, 0.29) is 5.75 Å². The first-order chi connectivity index (χ1) is 14.5. The maximum absolute atomic E-state index is 12.9. The average Bonchev–Trinajstić information content (AvgIpc) is 2.73. The van der Waals surface area contributed by atoms with E-state index in [1.165, 1.54) is 28.0 Å². The maximum atomic E-state index is 12.9. The number of rotatable bonds is 3. The Labute approximate surface area is 172 Å². The first-order valence-electron chi connectivity index (χ1n) is 10.2. The van der Waals surface area contributed by atoms with Gasteiger partial charge in [-0.3, -0.25) is 0 Å². The SMILES string of the molecule is FC(F)(F)Oc1cccc2c1=CCc1c3c(ccc1=2)=CCCC3Cc1ccccc1. The molecule has 0 aromatic heterocycles. The third-order valence-electron chi connectivity index (χ3n) is 6.10. The van der Waals surface area contributed by atoms with Crippen molar-refractivity contribution in [1.29, 1.82) is 0 Å². The number of alkyl halides is 3. The van der Waals surface area contributed by atoms with E-state index >= 15 is 0 Å². The van der Waals surface area contributed by atoms with Crippen LogP contribution in [0.3, 0.4) is 0 Å². The minimum atomic E-state index is -4.70. The first-order valence-corrected chi connectivity index (χ1v) is 10.2. The van der Waals surface area contributed by atoms with Crippen LogP contribution in [0.1, 0.15) is 35.4 Å². The Morgan fingerprint density at radius 2 is 1.70 bits per heavy atom. The van der Waals surface area contributed by atoms with Crippen molar-refractivity contribution in [3.05, 3.63) is 98.2 Å². The second-order valence-electron chi connectivity index (χ2n) is 7.94. The lowest BCUT2D eigenvalue weighted by Crippen LogP contribution is -2.26. The summed E-state index contributed by atoms with van der Waals surface area (Å²) in [6.45, 7) is 0. The van der Waals surface area contributed by atoms with E-state index in [1.807, 2.05) is 18.2 Å². The largest absolute Gasteiger partial charge is 0.573 e. The Hall–Kier alpha value is -3.01. The van der Waals surface area contributed by atoms with Crippen LogP contribution >= 0.6 is 0 Å². The molecule has 0 heterocycles. The zero-order valence-electron chi connectivity index (χ0n) is 16.4. The zero-order valence-corrected chi connectivity index (χ0v) is 16.4. The van der Waals surface area contributed by atoms with Gasteiger partial charge >= 0.3 is 6.36 Å². The second-order valence-corrected chi connectivity index (χ2v) is 7.94. The highest BCUT2D eigenvalue weighted by Gasteiger charge is 2.31. The Bertz CT molecular complexity index is 1310. The fraction of sp³-hybridized carbons (Fsp3) is 0.231. The predicted molar refractivity (Wildman–Crippen MR) is 111 cm³/mol. The van der Waals surface area contributed by atoms with Gasteiger partial charge in [0.15, 0.2) is 0 Å². The summed E-state index contributed by atoms with van der Waals surface area (Å²) in [5.74, 6) is 0.280. The van der Waals surface area contributed by atoms with Crippen LogP contribution < -0.4 is 15.2 Å². The maximum Gasteiger partial charge on any atom is 0.573 e. The molecular weight excluding hydrogens is 385 g/mol. The molecule has 4 heteroatoms. The molecule has 0 saturated carbocycles. The average molecular weight is 406 g/mol. The van der Waals surface area contributed by atoms with E-state index in [4.69, 9.17) is 0 Å². The van der Waals surface area contributed by atoms with Crippen LogP contribution in [-0.4, -0.2) is 6.36 Å². The van der Waals surface area contributed by atoms with Crippen molar-refractivity contribution < 1.29 is 17.9 Å². The summed E-state index contributed by atoms with van der Waals surface area (Å²) in [4.78, 5) is 0. The molecule has 0 amide bonds. The predicted octanol–water partition coefficient (Wildman–Crippen LogP) is 5.11. The molecule has 3 aromatic carbocycles. The molecule has 152 valence electrons. The molecule has 0 aliphatic heterocycles. The van der Waals surface area contributed by atoms with Crippen LogP contribution in [0, 0.1) is 10.4 Å². The van der Waals surface area contributed by atoms with E-state index in [9.17, 15) is 13.2 Å². The van der Waals surface area contributed by atoms with Crippen molar-refractivity contribution >= 4 is 12.2 Å². The van der Waals surface area contributed by atoms with Crippen molar-refractivity contribution in [3.63, 3.8) is 0 Å². The summed E-state index contributed by atoms with van der Waals surface area (Å²) in [5.41, 5.74) is 3.90. The molecule has 3 aromatic rings. The number of benzene rings is 3. The third-order valence-corrected chi connectivity index (χ3v) is 6.10. The molecule has 0 bridgehead atoms. The molecule has 0 spiro atoms. The smallest absolute Gasteiger partial charge is 0.405 e. The molecule has 0 fully saturated rings. The third kappa shape index (κ3) is 3.51. The lowest BCUT2D eigenvalue weighted by molar-refractivity contribution is -0.275. The van der Waals surface area contributed by atoms with Gasteiger partial charge in [-0.05, 0) is 70.0 Å². The van der Waals surface area contributed by atoms with Crippen molar-refractivity contribution in [2.75, 3.05) is 0 Å². The number of ether oxygens (including phenoxy) is 1. The second kappa shape index (κ2) is 7.35. The van der Waals surface area contributed by atoms with Gasteiger partial charge in [0.25, 0.3) is 0 Å². The monoisotopic (exact) mass is 406 g/mol. The molecule has 2 aliphatic carbocycles. The van der Waals surface area contributed by atoms with Crippen LogP contribution in [0.5, 0.6) is 5.75 Å². The van der Waals surface area contributed by atoms with Crippen molar-refractivity contribution in [3.8, 4) is 5.75 Å². The highest BCUT2D eigenvalue weighted by atomic mass is 19.4. The molecule has 0 radical (unpaired) electrons. The lowest BCUT2D eigenvalue weighted by atomic mass is 9.79. The minimum Gasteiger partial charge on any atom is -0.405 e. The van der Waals surface area contributed by atoms with Gasteiger partial charge in [-0.25, -0.2) is 0 Å². The van der Waals surface area contributed by atoms with Gasteiger partial charge in [-0.2, -0.15) is 0 Å². The van der Waals surface area contributed by atoms with E-state index in [2.05, 4.69) is 47.2 Å². The van der Waals surface area contributed by atoms with Crippen molar-refractivity contribution in [2.45, 2.75) is 38.0 Å². The summed E-state index contributed by atoms with van der Waals surface area (Å²) >= 11 is 0. The molecule has 30 heavy (non-hydrogen) atoms. The van der Waals surface area contributed by atoms with Crippen LogP contribution in [0.4, 0.5) is 13.2 Å². The highest BCUT2D eigenvalue weighted by Crippen LogP contribution is 2.31. The molecule has 2 aliphatic rings. The fourth-order valence-electron chi connectivity index (χ4n) is 4.91. The molecular formula is C26H21F3O. The van der Waals surface area contributed by atoms with Gasteiger partial charge in [0, 0.05) is 5.22 Å². The summed E-state index contributed by atoms with van der Waals surface area (Å²) in [7, 11) is 0. The van der Waals surface area contributed by atoms with Gasteiger partial charge in [0.1, 0.15) is 5.75 Å². The molecule has 1 nitrogen and oxygen atoms in total. The highest BCUT2D eigenvalue weighted by molar-refractivity contribution is 5.51. The van der Waals surface area contributed by atoms with Gasteiger partial charge < -0.3 is 4.74 Å². The van der Waals surface area contributed by atoms with Crippen LogP contribution in [0.25, 0.3) is 12.2 Å². The van der Waals surface area contributed by atoms with Crippen LogP contribution in [0.2, 0.25) is 0 Å². The molecule has 1 unspecified atom stereocenters. The number of halogens is 3. The van der Waals surface area contributed by atoms with E-state index in [1.54, 1.807) is 6.07 Å². The molecule has 1 atom stereocenters. The first kappa shape index (κ1) is 19.0. The summed E-state index contributed by atoms with van der Waals surface area (Å²) in [5, 5.41) is 3.62. The van der Waals surface area contributed by atoms with Crippen LogP contribution in [0.15, 0.2) is 60.7 Å². The number of hydrogen-bond acceptors (Lipinski definition) is 1. The van der Waals surface area contributed by atoms with Gasteiger partial charge in [0.2, 0.25) is 0 Å². The number of fused-ring (bicyclic) bond motifs is 4. The summed E-state index contributed by atoms with van der Waals surface area (Å²) in [6, 6.07) is 19.6. The lowest BCUT2D eigenvalue weighted by Gasteiger charge is -2.25. The number of hydrogen-bond donors (Lipinski definition) is 0. The Kier molecular flexibility index (Phi) is 4.65. The zero-order chi connectivity index (χ0) is 20.7. The van der Waals surface area contributed by atoms with Gasteiger partial charge in [0.05, 0.1) is 0 Å². The fourth-order valence-corrected chi connectivity index (χ4v) is 4.91. The van der Waals surface area contributed by atoms with E-state index in [0.29, 0.717) is 17.6 Å². The Balaban J connectivity index is 1.70.